The molecule has 1 N–H and O–H groups in total. The van der Waals surface area contributed by atoms with E-state index in [4.69, 9.17) is 9.47 Å². The topological polar surface area (TPSA) is 89.7 Å². The molecular formula is C26H30N4O4S. The molecule has 0 saturated carbocycles. The molecule has 0 amide bonds. The van der Waals surface area contributed by atoms with E-state index in [-0.39, 0.29) is 4.91 Å². The first-order valence-corrected chi connectivity index (χ1v) is 12.4. The quantitative estimate of drug-likeness (QED) is 0.324. The van der Waals surface area contributed by atoms with Gasteiger partial charge in [-0.1, -0.05) is 6.07 Å². The van der Waals surface area contributed by atoms with Gasteiger partial charge in [-0.15, -0.1) is 10.2 Å². The van der Waals surface area contributed by atoms with Crippen LogP contribution in [0.1, 0.15) is 30.9 Å². The number of thioether (sulfide) groups is 1. The van der Waals surface area contributed by atoms with Crippen LogP contribution in [0, 0.1) is 6.92 Å². The highest BCUT2D eigenvalue weighted by Gasteiger charge is 2.20. The second kappa shape index (κ2) is 10.9. The summed E-state index contributed by atoms with van der Waals surface area (Å²) in [6.45, 7) is 6.69. The van der Waals surface area contributed by atoms with Crippen LogP contribution < -0.4 is 14.4 Å². The third-order valence-corrected chi connectivity index (χ3v) is 7.06. The lowest BCUT2D eigenvalue weighted by Gasteiger charge is -2.18. The van der Waals surface area contributed by atoms with Crippen LogP contribution in [0.3, 0.4) is 0 Å². The predicted molar refractivity (Wildman–Crippen MR) is 138 cm³/mol. The van der Waals surface area contributed by atoms with Crippen molar-refractivity contribution in [3.05, 3.63) is 52.4 Å². The van der Waals surface area contributed by atoms with Crippen molar-refractivity contribution in [1.82, 2.24) is 14.8 Å². The molecule has 1 aliphatic rings. The third kappa shape index (κ3) is 5.45. The molecule has 1 aromatic heterocycles. The van der Waals surface area contributed by atoms with E-state index in [1.54, 1.807) is 26.4 Å². The molecule has 4 rings (SSSR count). The van der Waals surface area contributed by atoms with Crippen molar-refractivity contribution >= 4 is 29.5 Å². The van der Waals surface area contributed by atoms with Crippen molar-refractivity contribution in [2.45, 2.75) is 38.4 Å². The van der Waals surface area contributed by atoms with Crippen LogP contribution in [0.2, 0.25) is 0 Å². The zero-order chi connectivity index (χ0) is 24.9. The Kier molecular flexibility index (Phi) is 7.65. The molecule has 1 aliphatic heterocycles. The largest absolute Gasteiger partial charge is 0.497 e. The maximum absolute atomic E-state index is 12.2. The number of nitrogens with zero attached hydrogens (tertiary/aromatic N) is 4. The number of aryl methyl sites for hydroxylation is 1. The zero-order valence-corrected chi connectivity index (χ0v) is 21.3. The van der Waals surface area contributed by atoms with Gasteiger partial charge >= 0.3 is 5.97 Å². The summed E-state index contributed by atoms with van der Waals surface area (Å²) < 4.78 is 12.7. The average Bonchev–Trinajstić information content (AvgIpc) is 3.54. The van der Waals surface area contributed by atoms with Gasteiger partial charge in [-0.25, -0.2) is 4.79 Å². The molecule has 2 aromatic carbocycles. The van der Waals surface area contributed by atoms with Crippen LogP contribution >= 0.6 is 11.8 Å². The van der Waals surface area contributed by atoms with Crippen molar-refractivity contribution < 1.29 is 19.4 Å². The van der Waals surface area contributed by atoms with Gasteiger partial charge in [-0.2, -0.15) is 0 Å². The lowest BCUT2D eigenvalue weighted by atomic mass is 10.1. The second-order valence-corrected chi connectivity index (χ2v) is 9.31. The number of methoxy groups -OCH3 is 2. The van der Waals surface area contributed by atoms with E-state index in [1.165, 1.54) is 18.5 Å². The Morgan fingerprint density at radius 2 is 1.77 bits per heavy atom. The van der Waals surface area contributed by atoms with E-state index in [1.807, 2.05) is 36.6 Å². The number of rotatable bonds is 9. The molecule has 35 heavy (non-hydrogen) atoms. The average molecular weight is 495 g/mol. The summed E-state index contributed by atoms with van der Waals surface area (Å²) in [7, 11) is 3.18. The molecule has 8 nitrogen and oxygen atoms in total. The van der Waals surface area contributed by atoms with Crippen molar-refractivity contribution in [1.29, 1.82) is 0 Å². The Balaban J connectivity index is 1.65. The molecule has 2 heterocycles. The van der Waals surface area contributed by atoms with Crippen LogP contribution in [-0.2, 0) is 11.3 Å². The Bertz CT molecular complexity index is 1230. The van der Waals surface area contributed by atoms with Crippen LogP contribution in [0.25, 0.3) is 17.5 Å². The molecule has 0 atom stereocenters. The first kappa shape index (κ1) is 24.7. The second-order valence-electron chi connectivity index (χ2n) is 8.30. The number of carboxylic acids is 1. The summed E-state index contributed by atoms with van der Waals surface area (Å²) in [4.78, 5) is 14.7. The lowest BCUT2D eigenvalue weighted by Crippen LogP contribution is -2.17. The number of aromatic nitrogens is 3. The fraction of sp³-hybridized carbons (Fsp3) is 0.346. The van der Waals surface area contributed by atoms with Crippen LogP contribution in [-0.4, -0.2) is 53.1 Å². The molecule has 0 bridgehead atoms. The van der Waals surface area contributed by atoms with E-state index in [0.29, 0.717) is 29.0 Å². The van der Waals surface area contributed by atoms with E-state index < -0.39 is 5.97 Å². The highest BCUT2D eigenvalue weighted by atomic mass is 32.2. The maximum atomic E-state index is 12.2. The summed E-state index contributed by atoms with van der Waals surface area (Å²) in [5.74, 6) is 0.882. The Hall–Kier alpha value is -3.46. The van der Waals surface area contributed by atoms with Gasteiger partial charge in [0.1, 0.15) is 16.4 Å². The molecule has 1 saturated heterocycles. The van der Waals surface area contributed by atoms with E-state index >= 15 is 0 Å². The monoisotopic (exact) mass is 494 g/mol. The fourth-order valence-electron chi connectivity index (χ4n) is 4.17. The molecular weight excluding hydrogens is 464 g/mol. The summed E-state index contributed by atoms with van der Waals surface area (Å²) >= 11 is 1.09. The summed E-state index contributed by atoms with van der Waals surface area (Å²) in [6, 6.07) is 11.7. The fourth-order valence-corrected chi connectivity index (χ4v) is 5.04. The summed E-state index contributed by atoms with van der Waals surface area (Å²) in [6.07, 6.45) is 4.13. The van der Waals surface area contributed by atoms with Crippen molar-refractivity contribution in [3.63, 3.8) is 0 Å². The van der Waals surface area contributed by atoms with Crippen molar-refractivity contribution in [2.24, 2.45) is 0 Å². The maximum Gasteiger partial charge on any atom is 0.342 e. The molecule has 0 aliphatic carbocycles. The van der Waals surface area contributed by atoms with Gasteiger partial charge in [-0.05, 0) is 79.9 Å². The number of ether oxygens (including phenoxy) is 2. The molecule has 9 heteroatoms. The summed E-state index contributed by atoms with van der Waals surface area (Å²) in [5.41, 5.74) is 3.87. The van der Waals surface area contributed by atoms with E-state index in [9.17, 15) is 9.90 Å². The first-order valence-electron chi connectivity index (χ1n) is 11.6. The smallest absolute Gasteiger partial charge is 0.342 e. The normalized spacial score (nSPS) is 13.8. The number of anilines is 1. The van der Waals surface area contributed by atoms with Gasteiger partial charge in [0.25, 0.3) is 0 Å². The third-order valence-electron chi connectivity index (χ3n) is 6.07. The number of carbonyl (C=O) groups is 1. The summed E-state index contributed by atoms with van der Waals surface area (Å²) in [5, 5.41) is 19.1. The van der Waals surface area contributed by atoms with Gasteiger partial charge in [0.05, 0.1) is 14.2 Å². The molecule has 1 fully saturated rings. The van der Waals surface area contributed by atoms with E-state index in [2.05, 4.69) is 27.2 Å². The molecule has 0 unspecified atom stereocenters. The predicted octanol–water partition coefficient (Wildman–Crippen LogP) is 5.11. The van der Waals surface area contributed by atoms with Gasteiger partial charge in [-0.3, -0.25) is 0 Å². The zero-order valence-electron chi connectivity index (χ0n) is 20.4. The highest BCUT2D eigenvalue weighted by Crippen LogP contribution is 2.34. The molecule has 184 valence electrons. The number of carboxylic acid groups (broad SMARTS) is 1. The minimum absolute atomic E-state index is 0.180. The van der Waals surface area contributed by atoms with E-state index in [0.717, 1.165) is 41.5 Å². The van der Waals surface area contributed by atoms with Gasteiger partial charge in [0, 0.05) is 37.0 Å². The minimum atomic E-state index is -1.01. The Morgan fingerprint density at radius 3 is 2.34 bits per heavy atom. The van der Waals surface area contributed by atoms with Gasteiger partial charge in [0.2, 0.25) is 0 Å². The lowest BCUT2D eigenvalue weighted by molar-refractivity contribution is -0.131. The van der Waals surface area contributed by atoms with Crippen LogP contribution in [0.5, 0.6) is 11.5 Å². The van der Waals surface area contributed by atoms with Crippen LogP contribution in [0.15, 0.2) is 46.5 Å². The van der Waals surface area contributed by atoms with Gasteiger partial charge in [0.15, 0.2) is 11.0 Å². The van der Waals surface area contributed by atoms with Gasteiger partial charge < -0.3 is 24.0 Å². The number of hydrogen-bond donors (Lipinski definition) is 1. The first-order chi connectivity index (χ1) is 16.9. The minimum Gasteiger partial charge on any atom is -0.497 e. The van der Waals surface area contributed by atoms with Crippen molar-refractivity contribution in [3.8, 4) is 22.9 Å². The number of benzene rings is 2. The Labute approximate surface area is 209 Å². The molecule has 3 aromatic rings. The van der Waals surface area contributed by atoms with Crippen molar-refractivity contribution in [2.75, 3.05) is 32.2 Å². The van der Waals surface area contributed by atoms with Crippen LogP contribution in [0.4, 0.5) is 5.69 Å². The highest BCUT2D eigenvalue weighted by molar-refractivity contribution is 8.04. The number of aliphatic carboxylic acids is 1. The standard InChI is InChI=1S/C26H30N4O4S/c1-5-30-24(19-13-21(33-3)16-22(14-19)34-4)27-28-26(30)35-23(25(31)32)15-18-8-9-20(12-17(18)2)29-10-6-7-11-29/h8-9,12-16H,5-7,10-11H2,1-4H3,(H,31,32)/b23-15+. The molecule has 0 radical (unpaired) electrons. The SMILES string of the molecule is CCn1c(S/C(=C/c2ccc(N3CCCC3)cc2C)C(=O)O)nnc1-c1cc(OC)cc(OC)c1. The molecule has 0 spiro atoms. The number of hydrogen-bond acceptors (Lipinski definition) is 7. The Morgan fingerprint density at radius 1 is 1.09 bits per heavy atom.